The number of nitrogens with one attached hydrogen (secondary N) is 2. The lowest BCUT2D eigenvalue weighted by molar-refractivity contribution is 0.889. The Labute approximate surface area is 141 Å². The predicted octanol–water partition coefficient (Wildman–Crippen LogP) is 3.08. The number of rotatable bonds is 5. The molecular weight excluding hydrogens is 300 g/mol. The molecule has 1 saturated heterocycles. The van der Waals surface area contributed by atoms with Gasteiger partial charge in [0.15, 0.2) is 0 Å². The van der Waals surface area contributed by atoms with E-state index in [1.54, 1.807) is 0 Å². The van der Waals surface area contributed by atoms with Gasteiger partial charge in [0.25, 0.3) is 0 Å². The second kappa shape index (κ2) is 6.70. The molecule has 3 aromatic rings. The molecule has 0 amide bonds. The Morgan fingerprint density at radius 3 is 2.38 bits per heavy atom. The van der Waals surface area contributed by atoms with Crippen LogP contribution in [0.3, 0.4) is 0 Å². The molecule has 1 aliphatic heterocycles. The van der Waals surface area contributed by atoms with E-state index in [1.165, 1.54) is 12.8 Å². The number of aromatic nitrogens is 4. The number of hydrogen-bond acceptors (Lipinski definition) is 5. The normalized spacial score (nSPS) is 14.1. The van der Waals surface area contributed by atoms with Crippen molar-refractivity contribution in [1.82, 2.24) is 20.2 Å². The van der Waals surface area contributed by atoms with Crippen molar-refractivity contribution in [3.63, 3.8) is 0 Å². The van der Waals surface area contributed by atoms with Crippen LogP contribution in [0, 0.1) is 0 Å². The Bertz CT molecular complexity index is 758. The lowest BCUT2D eigenvalue weighted by atomic mass is 10.1. The van der Waals surface area contributed by atoms with E-state index in [9.17, 15) is 0 Å². The summed E-state index contributed by atoms with van der Waals surface area (Å²) in [4.78, 5) is 11.2. The highest BCUT2D eigenvalue weighted by atomic mass is 15.3. The van der Waals surface area contributed by atoms with E-state index in [0.717, 1.165) is 41.4 Å². The molecule has 0 spiro atoms. The van der Waals surface area contributed by atoms with Gasteiger partial charge < -0.3 is 10.2 Å². The van der Waals surface area contributed by atoms with Gasteiger partial charge in [-0.2, -0.15) is 5.10 Å². The third-order valence-electron chi connectivity index (χ3n) is 4.29. The highest BCUT2D eigenvalue weighted by molar-refractivity contribution is 5.64. The van der Waals surface area contributed by atoms with Gasteiger partial charge in [0, 0.05) is 55.0 Å². The summed E-state index contributed by atoms with van der Waals surface area (Å²) in [7, 11) is 0. The van der Waals surface area contributed by atoms with E-state index >= 15 is 0 Å². The fourth-order valence-electron chi connectivity index (χ4n) is 2.91. The van der Waals surface area contributed by atoms with Crippen molar-refractivity contribution in [3.05, 3.63) is 54.6 Å². The maximum atomic E-state index is 4.49. The summed E-state index contributed by atoms with van der Waals surface area (Å²) in [5, 5.41) is 10.2. The minimum Gasteiger partial charge on any atom is -0.381 e. The SMILES string of the molecule is c1nc(N2CCCC2)ncc1CNc1ccc(-c2cn[nH]c2)cc1. The standard InChI is InChI=1S/C18H20N6/c1-2-8-24(7-1)18-20-10-14(11-21-18)9-19-17-5-3-15(4-6-17)16-12-22-23-13-16/h3-6,10-13,19H,1-2,7-9H2,(H,22,23). The smallest absolute Gasteiger partial charge is 0.225 e. The van der Waals surface area contributed by atoms with Crippen LogP contribution >= 0.6 is 0 Å². The Morgan fingerprint density at radius 1 is 0.958 bits per heavy atom. The summed E-state index contributed by atoms with van der Waals surface area (Å²) in [5.74, 6) is 0.848. The lowest BCUT2D eigenvalue weighted by Crippen LogP contribution is -2.20. The predicted molar refractivity (Wildman–Crippen MR) is 94.8 cm³/mol. The first kappa shape index (κ1) is 14.7. The molecule has 0 unspecified atom stereocenters. The van der Waals surface area contributed by atoms with E-state index in [2.05, 4.69) is 54.6 Å². The topological polar surface area (TPSA) is 69.7 Å². The first-order valence-corrected chi connectivity index (χ1v) is 8.27. The molecule has 3 heterocycles. The Morgan fingerprint density at radius 2 is 1.71 bits per heavy atom. The van der Waals surface area contributed by atoms with E-state index in [0.29, 0.717) is 6.54 Å². The number of aromatic amines is 1. The molecule has 0 aliphatic carbocycles. The van der Waals surface area contributed by atoms with Crippen molar-refractivity contribution >= 4 is 11.6 Å². The highest BCUT2D eigenvalue weighted by Crippen LogP contribution is 2.20. The number of nitrogens with zero attached hydrogens (tertiary/aromatic N) is 4. The summed E-state index contributed by atoms with van der Waals surface area (Å²) in [6, 6.07) is 8.31. The van der Waals surface area contributed by atoms with Gasteiger partial charge >= 0.3 is 0 Å². The van der Waals surface area contributed by atoms with Gasteiger partial charge in [-0.3, -0.25) is 5.10 Å². The minimum atomic E-state index is 0.714. The average molecular weight is 320 g/mol. The second-order valence-corrected chi connectivity index (χ2v) is 6.00. The molecule has 0 bridgehead atoms. The molecule has 1 aliphatic rings. The third kappa shape index (κ3) is 3.22. The monoisotopic (exact) mass is 320 g/mol. The zero-order valence-electron chi connectivity index (χ0n) is 13.4. The number of benzene rings is 1. The molecule has 6 nitrogen and oxygen atoms in total. The van der Waals surface area contributed by atoms with Crippen molar-refractivity contribution in [1.29, 1.82) is 0 Å². The van der Waals surface area contributed by atoms with Crippen molar-refractivity contribution < 1.29 is 0 Å². The molecule has 122 valence electrons. The lowest BCUT2D eigenvalue weighted by Gasteiger charge is -2.14. The molecule has 1 aromatic carbocycles. The molecule has 0 radical (unpaired) electrons. The fraction of sp³-hybridized carbons (Fsp3) is 0.278. The molecular formula is C18H20N6. The van der Waals surface area contributed by atoms with Crippen LogP contribution in [0.5, 0.6) is 0 Å². The second-order valence-electron chi connectivity index (χ2n) is 6.00. The van der Waals surface area contributed by atoms with Gasteiger partial charge in [0.05, 0.1) is 6.20 Å². The van der Waals surface area contributed by atoms with E-state index in [1.807, 2.05) is 24.8 Å². The average Bonchev–Trinajstić information content (AvgIpc) is 3.34. The summed E-state index contributed by atoms with van der Waals surface area (Å²) >= 11 is 0. The van der Waals surface area contributed by atoms with Gasteiger partial charge in [0.1, 0.15) is 0 Å². The number of H-pyrrole nitrogens is 1. The minimum absolute atomic E-state index is 0.714. The summed E-state index contributed by atoms with van der Waals surface area (Å²) in [5.41, 5.74) is 4.39. The third-order valence-corrected chi connectivity index (χ3v) is 4.29. The Kier molecular flexibility index (Phi) is 4.10. The molecule has 2 N–H and O–H groups in total. The van der Waals surface area contributed by atoms with Gasteiger partial charge in [-0.1, -0.05) is 12.1 Å². The maximum absolute atomic E-state index is 4.49. The zero-order valence-corrected chi connectivity index (χ0v) is 13.4. The number of hydrogen-bond donors (Lipinski definition) is 2. The number of anilines is 2. The van der Waals surface area contributed by atoms with Gasteiger partial charge in [-0.05, 0) is 30.5 Å². The fourth-order valence-corrected chi connectivity index (χ4v) is 2.91. The first-order valence-electron chi connectivity index (χ1n) is 8.27. The van der Waals surface area contributed by atoms with Crippen molar-refractivity contribution in [2.75, 3.05) is 23.3 Å². The largest absolute Gasteiger partial charge is 0.381 e. The van der Waals surface area contributed by atoms with Crippen LogP contribution in [0.1, 0.15) is 18.4 Å². The van der Waals surface area contributed by atoms with Crippen LogP contribution < -0.4 is 10.2 Å². The Balaban J connectivity index is 1.36. The van der Waals surface area contributed by atoms with Crippen LogP contribution in [0.25, 0.3) is 11.1 Å². The highest BCUT2D eigenvalue weighted by Gasteiger charge is 2.14. The molecule has 0 saturated carbocycles. The first-order chi connectivity index (χ1) is 11.9. The molecule has 0 atom stereocenters. The molecule has 6 heteroatoms. The van der Waals surface area contributed by atoms with Crippen molar-refractivity contribution in [2.24, 2.45) is 0 Å². The van der Waals surface area contributed by atoms with Gasteiger partial charge in [-0.15, -0.1) is 0 Å². The van der Waals surface area contributed by atoms with Crippen LogP contribution in [-0.4, -0.2) is 33.3 Å². The summed E-state index contributed by atoms with van der Waals surface area (Å²) in [6.45, 7) is 2.85. The van der Waals surface area contributed by atoms with Gasteiger partial charge in [-0.25, -0.2) is 9.97 Å². The van der Waals surface area contributed by atoms with E-state index in [4.69, 9.17) is 0 Å². The quantitative estimate of drug-likeness (QED) is 0.756. The van der Waals surface area contributed by atoms with Gasteiger partial charge in [0.2, 0.25) is 5.95 Å². The molecule has 2 aromatic heterocycles. The van der Waals surface area contributed by atoms with Crippen LogP contribution in [0.2, 0.25) is 0 Å². The molecule has 4 rings (SSSR count). The Hall–Kier alpha value is -2.89. The summed E-state index contributed by atoms with van der Waals surface area (Å²) < 4.78 is 0. The van der Waals surface area contributed by atoms with Crippen molar-refractivity contribution in [3.8, 4) is 11.1 Å². The van der Waals surface area contributed by atoms with E-state index < -0.39 is 0 Å². The van der Waals surface area contributed by atoms with Crippen LogP contribution in [0.15, 0.2) is 49.1 Å². The van der Waals surface area contributed by atoms with Crippen LogP contribution in [-0.2, 0) is 6.54 Å². The van der Waals surface area contributed by atoms with Crippen molar-refractivity contribution in [2.45, 2.75) is 19.4 Å². The molecule has 1 fully saturated rings. The molecule has 24 heavy (non-hydrogen) atoms. The zero-order chi connectivity index (χ0) is 16.2. The van der Waals surface area contributed by atoms with E-state index in [-0.39, 0.29) is 0 Å². The van der Waals surface area contributed by atoms with Crippen LogP contribution in [0.4, 0.5) is 11.6 Å². The maximum Gasteiger partial charge on any atom is 0.225 e. The summed E-state index contributed by atoms with van der Waals surface area (Å²) in [6.07, 6.45) is 10.0.